The van der Waals surface area contributed by atoms with Crippen molar-refractivity contribution >= 4 is 0 Å². The van der Waals surface area contributed by atoms with Crippen molar-refractivity contribution in [1.29, 1.82) is 0 Å². The van der Waals surface area contributed by atoms with E-state index in [0.29, 0.717) is 18.5 Å². The van der Waals surface area contributed by atoms with Gasteiger partial charge in [-0.3, -0.25) is 0 Å². The maximum atomic E-state index is 5.67. The maximum absolute atomic E-state index is 5.67. The number of aromatic nitrogens is 1. The Morgan fingerprint density at radius 2 is 2.10 bits per heavy atom. The molecule has 0 saturated carbocycles. The van der Waals surface area contributed by atoms with E-state index in [2.05, 4.69) is 37.1 Å². The molecule has 4 nitrogen and oxygen atoms in total. The predicted molar refractivity (Wildman–Crippen MR) is 79.0 cm³/mol. The molecular weight excluding hydrogens is 252 g/mol. The monoisotopic (exact) mass is 274 g/mol. The number of oxazole rings is 1. The molecule has 0 fully saturated rings. The zero-order valence-electron chi connectivity index (χ0n) is 12.6. The van der Waals surface area contributed by atoms with Gasteiger partial charge in [0.2, 0.25) is 0 Å². The number of aryl methyl sites for hydroxylation is 2. The van der Waals surface area contributed by atoms with Crippen LogP contribution in [0.1, 0.15) is 30.7 Å². The van der Waals surface area contributed by atoms with Crippen LogP contribution in [0.15, 0.2) is 28.9 Å². The topological polar surface area (TPSA) is 47.3 Å². The molecule has 4 heteroatoms. The molecule has 0 aliphatic rings. The predicted octanol–water partition coefficient (Wildman–Crippen LogP) is 3.83. The van der Waals surface area contributed by atoms with Crippen molar-refractivity contribution in [2.75, 3.05) is 6.54 Å². The van der Waals surface area contributed by atoms with Crippen molar-refractivity contribution in [1.82, 2.24) is 10.3 Å². The smallest absolute Gasteiger partial charge is 0.399 e. The molecule has 0 radical (unpaired) electrons. The number of rotatable bonds is 6. The number of hydrogen-bond acceptors (Lipinski definition) is 4. The molecule has 20 heavy (non-hydrogen) atoms. The van der Waals surface area contributed by atoms with Gasteiger partial charge in [-0.15, -0.1) is 0 Å². The zero-order chi connectivity index (χ0) is 14.5. The summed E-state index contributed by atoms with van der Waals surface area (Å²) in [6.07, 6.45) is 1.92. The van der Waals surface area contributed by atoms with Crippen molar-refractivity contribution in [2.24, 2.45) is 5.92 Å². The molecular formula is C16H22N2O2. The van der Waals surface area contributed by atoms with Gasteiger partial charge in [-0.2, -0.15) is 4.98 Å². The molecule has 1 aromatic carbocycles. The van der Waals surface area contributed by atoms with Crippen molar-refractivity contribution in [3.63, 3.8) is 0 Å². The van der Waals surface area contributed by atoms with Gasteiger partial charge in [0.1, 0.15) is 12.0 Å². The molecule has 0 aliphatic carbocycles. The quantitative estimate of drug-likeness (QED) is 0.869. The van der Waals surface area contributed by atoms with E-state index in [1.54, 1.807) is 6.26 Å². The number of nitrogens with one attached hydrogen (secondary N) is 1. The van der Waals surface area contributed by atoms with E-state index in [1.807, 2.05) is 19.1 Å². The summed E-state index contributed by atoms with van der Waals surface area (Å²) < 4.78 is 11.0. The molecule has 0 atom stereocenters. The third kappa shape index (κ3) is 4.10. The summed E-state index contributed by atoms with van der Waals surface area (Å²) in [6, 6.07) is 6.02. The Morgan fingerprint density at radius 1 is 1.30 bits per heavy atom. The largest absolute Gasteiger partial charge is 0.417 e. The molecule has 0 spiro atoms. The molecule has 0 aliphatic heterocycles. The Balaban J connectivity index is 1.95. The van der Waals surface area contributed by atoms with Crippen LogP contribution in [-0.4, -0.2) is 11.5 Å². The second-order valence-corrected chi connectivity index (χ2v) is 5.50. The van der Waals surface area contributed by atoms with Gasteiger partial charge in [0.25, 0.3) is 0 Å². The minimum Gasteiger partial charge on any atom is -0.417 e. The first kappa shape index (κ1) is 14.6. The van der Waals surface area contributed by atoms with Gasteiger partial charge in [-0.1, -0.05) is 31.5 Å². The molecule has 1 heterocycles. The molecule has 108 valence electrons. The van der Waals surface area contributed by atoms with Crippen LogP contribution in [0.25, 0.3) is 0 Å². The highest BCUT2D eigenvalue weighted by molar-refractivity contribution is 5.36. The number of benzene rings is 1. The Labute approximate surface area is 120 Å². The second-order valence-electron chi connectivity index (χ2n) is 5.50. The summed E-state index contributed by atoms with van der Waals surface area (Å²) in [6.45, 7) is 10.1. The Bertz CT molecular complexity index is 561. The number of hydrogen-bond donors (Lipinski definition) is 1. The molecule has 1 N–H and O–H groups in total. The molecule has 0 bridgehead atoms. The van der Waals surface area contributed by atoms with E-state index in [4.69, 9.17) is 9.15 Å². The fourth-order valence-corrected chi connectivity index (χ4v) is 1.91. The molecule has 0 saturated heterocycles. The first-order valence-electron chi connectivity index (χ1n) is 6.95. The fourth-order valence-electron chi connectivity index (χ4n) is 1.91. The highest BCUT2D eigenvalue weighted by Crippen LogP contribution is 2.25. The molecule has 2 aromatic rings. The van der Waals surface area contributed by atoms with Gasteiger partial charge < -0.3 is 14.5 Å². The lowest BCUT2D eigenvalue weighted by molar-refractivity contribution is 0.329. The fraction of sp³-hybridized carbons (Fsp3) is 0.438. The van der Waals surface area contributed by atoms with E-state index in [9.17, 15) is 0 Å². The van der Waals surface area contributed by atoms with Gasteiger partial charge in [0, 0.05) is 6.54 Å². The second kappa shape index (κ2) is 6.57. The van der Waals surface area contributed by atoms with Crippen LogP contribution in [-0.2, 0) is 6.54 Å². The SMILES string of the molecule is Cc1ccc(Oc2nc(CNCC(C)C)co2)c(C)c1. The van der Waals surface area contributed by atoms with Crippen LogP contribution in [0, 0.1) is 19.8 Å². The van der Waals surface area contributed by atoms with Crippen LogP contribution in [0.4, 0.5) is 0 Å². The Morgan fingerprint density at radius 3 is 2.80 bits per heavy atom. The zero-order valence-corrected chi connectivity index (χ0v) is 12.6. The minimum atomic E-state index is 0.290. The van der Waals surface area contributed by atoms with Gasteiger partial charge in [-0.25, -0.2) is 0 Å². The van der Waals surface area contributed by atoms with Crippen LogP contribution in [0.3, 0.4) is 0 Å². The van der Waals surface area contributed by atoms with Crippen LogP contribution >= 0.6 is 0 Å². The third-order valence-electron chi connectivity index (χ3n) is 2.92. The van der Waals surface area contributed by atoms with Gasteiger partial charge in [0.15, 0.2) is 0 Å². The van der Waals surface area contributed by atoms with E-state index in [1.165, 1.54) is 5.56 Å². The molecule has 2 rings (SSSR count). The molecule has 1 aromatic heterocycles. The highest BCUT2D eigenvalue weighted by atomic mass is 16.6. The van der Waals surface area contributed by atoms with Crippen LogP contribution < -0.4 is 10.1 Å². The lowest BCUT2D eigenvalue weighted by Crippen LogP contribution is -2.19. The third-order valence-corrected chi connectivity index (χ3v) is 2.92. The first-order valence-corrected chi connectivity index (χ1v) is 6.95. The molecule has 0 amide bonds. The average molecular weight is 274 g/mol. The maximum Gasteiger partial charge on any atom is 0.399 e. The van der Waals surface area contributed by atoms with E-state index < -0.39 is 0 Å². The standard InChI is InChI=1S/C16H22N2O2/c1-11(2)8-17-9-14-10-19-16(18-14)20-15-6-5-12(3)7-13(15)4/h5-7,10-11,17H,8-9H2,1-4H3. The van der Waals surface area contributed by atoms with Gasteiger partial charge in [0.05, 0.1) is 5.69 Å². The first-order chi connectivity index (χ1) is 9.54. The summed E-state index contributed by atoms with van der Waals surface area (Å²) in [5, 5.41) is 3.32. The Hall–Kier alpha value is -1.81. The highest BCUT2D eigenvalue weighted by Gasteiger charge is 2.08. The van der Waals surface area contributed by atoms with E-state index >= 15 is 0 Å². The van der Waals surface area contributed by atoms with Crippen molar-refractivity contribution in [3.05, 3.63) is 41.3 Å². The van der Waals surface area contributed by atoms with E-state index in [0.717, 1.165) is 23.6 Å². The lowest BCUT2D eigenvalue weighted by Gasteiger charge is -2.05. The van der Waals surface area contributed by atoms with Crippen molar-refractivity contribution < 1.29 is 9.15 Å². The average Bonchev–Trinajstić information content (AvgIpc) is 2.80. The minimum absolute atomic E-state index is 0.290. The van der Waals surface area contributed by atoms with Crippen LogP contribution in [0.5, 0.6) is 11.8 Å². The molecule has 0 unspecified atom stereocenters. The summed E-state index contributed by atoms with van der Waals surface area (Å²) in [4.78, 5) is 4.31. The summed E-state index contributed by atoms with van der Waals surface area (Å²) in [5.41, 5.74) is 3.13. The van der Waals surface area contributed by atoms with Gasteiger partial charge in [-0.05, 0) is 37.9 Å². The number of nitrogens with zero attached hydrogens (tertiary/aromatic N) is 1. The normalized spacial score (nSPS) is 11.1. The van der Waals surface area contributed by atoms with E-state index in [-0.39, 0.29) is 0 Å². The summed E-state index contributed by atoms with van der Waals surface area (Å²) in [7, 11) is 0. The lowest BCUT2D eigenvalue weighted by atomic mass is 10.1. The van der Waals surface area contributed by atoms with Crippen molar-refractivity contribution in [3.8, 4) is 11.8 Å². The van der Waals surface area contributed by atoms with Gasteiger partial charge >= 0.3 is 6.08 Å². The number of ether oxygens (including phenoxy) is 1. The summed E-state index contributed by atoms with van der Waals surface area (Å²) in [5.74, 6) is 1.40. The van der Waals surface area contributed by atoms with Crippen molar-refractivity contribution in [2.45, 2.75) is 34.2 Å². The Kier molecular flexibility index (Phi) is 4.79. The van der Waals surface area contributed by atoms with Crippen LogP contribution in [0.2, 0.25) is 0 Å². The summed E-state index contributed by atoms with van der Waals surface area (Å²) >= 11 is 0.